The van der Waals surface area contributed by atoms with Crippen LogP contribution >= 0.6 is 0 Å². The first-order chi connectivity index (χ1) is 18.2. The van der Waals surface area contributed by atoms with Crippen LogP contribution in [0.4, 0.5) is 4.39 Å². The molecule has 2 fully saturated rings. The molecule has 0 N–H and O–H groups in total. The third-order valence-electron chi connectivity index (χ3n) is 9.29. The Labute approximate surface area is 228 Å². The summed E-state index contributed by atoms with van der Waals surface area (Å²) in [6.45, 7) is 11.3. The van der Waals surface area contributed by atoms with Gasteiger partial charge in [0.1, 0.15) is 5.82 Å². The Morgan fingerprint density at radius 2 is 1.68 bits per heavy atom. The molecule has 2 atom stereocenters. The molecule has 6 rings (SSSR count). The van der Waals surface area contributed by atoms with Crippen LogP contribution in [0.3, 0.4) is 0 Å². The number of halogens is 1. The van der Waals surface area contributed by atoms with Crippen LogP contribution in [-0.4, -0.2) is 74.9 Å². The van der Waals surface area contributed by atoms with Crippen molar-refractivity contribution in [2.24, 2.45) is 17.3 Å². The van der Waals surface area contributed by atoms with E-state index in [0.29, 0.717) is 18.5 Å². The van der Waals surface area contributed by atoms with Crippen molar-refractivity contribution in [1.29, 1.82) is 0 Å². The minimum Gasteiger partial charge on any atom is -0.299 e. The van der Waals surface area contributed by atoms with Crippen LogP contribution in [0.5, 0.6) is 0 Å². The van der Waals surface area contributed by atoms with Crippen molar-refractivity contribution in [1.82, 2.24) is 14.1 Å². The molecule has 38 heavy (non-hydrogen) atoms. The Balaban J connectivity index is 1.15. The maximum absolute atomic E-state index is 13.3. The number of nitrogens with zero attached hydrogens (tertiary/aromatic N) is 3. The van der Waals surface area contributed by atoms with Gasteiger partial charge in [0, 0.05) is 45.8 Å². The van der Waals surface area contributed by atoms with Gasteiger partial charge in [-0.05, 0) is 79.3 Å². The summed E-state index contributed by atoms with van der Waals surface area (Å²) in [5.74, 6) is 1.15. The molecule has 1 saturated carbocycles. The maximum Gasteiger partial charge on any atom is 0.243 e. The van der Waals surface area contributed by atoms with Gasteiger partial charge >= 0.3 is 0 Å². The highest BCUT2D eigenvalue weighted by atomic mass is 32.2. The fraction of sp³-hybridized carbons (Fsp3) is 0.548. The lowest BCUT2D eigenvalue weighted by Crippen LogP contribution is -2.51. The van der Waals surface area contributed by atoms with Crippen LogP contribution in [-0.2, 0) is 16.4 Å². The van der Waals surface area contributed by atoms with Crippen LogP contribution in [0.25, 0.3) is 0 Å². The lowest BCUT2D eigenvalue weighted by Gasteiger charge is -2.57. The lowest BCUT2D eigenvalue weighted by molar-refractivity contribution is -0.0109. The van der Waals surface area contributed by atoms with Crippen LogP contribution in [0, 0.1) is 23.1 Å². The molecule has 4 aliphatic rings. The summed E-state index contributed by atoms with van der Waals surface area (Å²) in [7, 11) is -3.58. The molecule has 1 aliphatic heterocycles. The normalized spacial score (nSPS) is 23.7. The zero-order chi connectivity index (χ0) is 26.8. The van der Waals surface area contributed by atoms with Gasteiger partial charge in [0.05, 0.1) is 4.90 Å². The van der Waals surface area contributed by atoms with Crippen molar-refractivity contribution < 1.29 is 12.8 Å². The van der Waals surface area contributed by atoms with Crippen LogP contribution < -0.4 is 0 Å². The molecule has 0 amide bonds. The lowest BCUT2D eigenvalue weighted by atomic mass is 9.49. The number of fused-ring (bicyclic) bond motifs is 1. The summed E-state index contributed by atoms with van der Waals surface area (Å²) >= 11 is 0. The molecule has 206 valence electrons. The second-order valence-electron chi connectivity index (χ2n) is 11.9. The number of benzene rings is 2. The number of hydrogen-bond acceptors (Lipinski definition) is 4. The fourth-order valence-electron chi connectivity index (χ4n) is 6.57. The fourth-order valence-corrected chi connectivity index (χ4v) is 7.99. The van der Waals surface area contributed by atoms with Crippen molar-refractivity contribution in [3.05, 3.63) is 77.6 Å². The van der Waals surface area contributed by atoms with Crippen LogP contribution in [0.15, 0.2) is 71.1 Å². The van der Waals surface area contributed by atoms with E-state index >= 15 is 0 Å². The number of allylic oxidation sites excluding steroid dienone is 1. The van der Waals surface area contributed by atoms with E-state index in [9.17, 15) is 12.8 Å². The molecule has 7 heteroatoms. The summed E-state index contributed by atoms with van der Waals surface area (Å²) in [4.78, 5) is 5.18. The van der Waals surface area contributed by atoms with Gasteiger partial charge in [-0.25, -0.2) is 12.8 Å². The van der Waals surface area contributed by atoms with Gasteiger partial charge in [-0.15, -0.1) is 0 Å². The van der Waals surface area contributed by atoms with Crippen molar-refractivity contribution in [3.8, 4) is 0 Å². The van der Waals surface area contributed by atoms with Crippen molar-refractivity contribution in [2.75, 3.05) is 52.4 Å². The largest absolute Gasteiger partial charge is 0.299 e. The number of hydrogen-bond donors (Lipinski definition) is 0. The predicted octanol–water partition coefficient (Wildman–Crippen LogP) is 5.06. The highest BCUT2D eigenvalue weighted by Gasteiger charge is 2.51. The molecule has 1 heterocycles. The maximum atomic E-state index is 13.3. The minimum absolute atomic E-state index is 0.166. The quantitative estimate of drug-likeness (QED) is 0.375. The molecular weight excluding hydrogens is 497 g/mol. The van der Waals surface area contributed by atoms with Gasteiger partial charge in [0.25, 0.3) is 0 Å². The van der Waals surface area contributed by atoms with E-state index in [0.717, 1.165) is 63.9 Å². The zero-order valence-electron chi connectivity index (χ0n) is 22.9. The summed E-state index contributed by atoms with van der Waals surface area (Å²) in [5.41, 5.74) is 3.46. The van der Waals surface area contributed by atoms with E-state index in [1.807, 2.05) is 0 Å². The summed E-state index contributed by atoms with van der Waals surface area (Å²) in [6.07, 6.45) is 7.32. The van der Waals surface area contributed by atoms with E-state index in [2.05, 4.69) is 60.1 Å². The van der Waals surface area contributed by atoms with E-state index < -0.39 is 15.8 Å². The standard InChI is InChI=1S/C31H42FN3O2S/c1-31(2)27-11-10-26(30(31)23-27)24-34(16-6-9-25-7-4-3-5-8-25)18-17-33-19-21-35(22-20-33)38(36,37)29-14-12-28(32)13-15-29/h3-5,7-8,10,12-15,27,30H,6,9,11,16-24H2,1-2H3. The first-order valence-corrected chi connectivity index (χ1v) is 15.6. The van der Waals surface area contributed by atoms with Gasteiger partial charge < -0.3 is 0 Å². The predicted molar refractivity (Wildman–Crippen MR) is 151 cm³/mol. The van der Waals surface area contributed by atoms with Crippen LogP contribution in [0.2, 0.25) is 0 Å². The Morgan fingerprint density at radius 1 is 0.974 bits per heavy atom. The number of sulfonamides is 1. The molecule has 0 aromatic heterocycles. The Morgan fingerprint density at radius 3 is 2.34 bits per heavy atom. The van der Waals surface area contributed by atoms with Gasteiger partial charge in [-0.3, -0.25) is 9.80 Å². The number of rotatable bonds is 11. The molecule has 0 radical (unpaired) electrons. The Kier molecular flexibility index (Phi) is 8.39. The number of aryl methyl sites for hydroxylation is 1. The third-order valence-corrected chi connectivity index (χ3v) is 11.2. The van der Waals surface area contributed by atoms with E-state index in [1.165, 1.54) is 47.0 Å². The minimum atomic E-state index is -3.58. The molecular formula is C31H42FN3O2S. The SMILES string of the molecule is CC1(C)C2CC=C(CN(CCCc3ccccc3)CCN3CCN(S(=O)(=O)c4ccc(F)cc4)CC3)C1C2. The molecule has 2 aromatic carbocycles. The second-order valence-corrected chi connectivity index (χ2v) is 13.8. The van der Waals surface area contributed by atoms with Gasteiger partial charge in [0.2, 0.25) is 10.0 Å². The second kappa shape index (κ2) is 11.6. The van der Waals surface area contributed by atoms with Gasteiger partial charge in [-0.2, -0.15) is 4.31 Å². The number of piperazine rings is 1. The van der Waals surface area contributed by atoms with E-state index in [4.69, 9.17) is 0 Å². The van der Waals surface area contributed by atoms with Gasteiger partial charge in [-0.1, -0.05) is 55.8 Å². The first-order valence-electron chi connectivity index (χ1n) is 14.2. The first kappa shape index (κ1) is 27.5. The van der Waals surface area contributed by atoms with Crippen LogP contribution in [0.1, 0.15) is 38.7 Å². The highest BCUT2D eigenvalue weighted by molar-refractivity contribution is 7.89. The zero-order valence-corrected chi connectivity index (χ0v) is 23.7. The smallest absolute Gasteiger partial charge is 0.243 e. The molecule has 3 aliphatic carbocycles. The summed E-state index contributed by atoms with van der Waals surface area (Å²) in [5, 5.41) is 0. The molecule has 2 aromatic rings. The molecule has 1 saturated heterocycles. The average molecular weight is 540 g/mol. The van der Waals surface area contributed by atoms with Gasteiger partial charge in [0.15, 0.2) is 0 Å². The topological polar surface area (TPSA) is 43.9 Å². The monoisotopic (exact) mass is 539 g/mol. The molecule has 0 spiro atoms. The molecule has 5 nitrogen and oxygen atoms in total. The Hall–Kier alpha value is -2.06. The third kappa shape index (κ3) is 6.06. The Bertz CT molecular complexity index is 1210. The average Bonchev–Trinajstić information content (AvgIpc) is 2.92. The molecule has 2 unspecified atom stereocenters. The van der Waals surface area contributed by atoms with Crippen molar-refractivity contribution in [2.45, 2.75) is 44.4 Å². The molecule has 2 bridgehead atoms. The summed E-state index contributed by atoms with van der Waals surface area (Å²) < 4.78 is 40.8. The van der Waals surface area contributed by atoms with E-state index in [1.54, 1.807) is 5.57 Å². The highest BCUT2D eigenvalue weighted by Crippen LogP contribution is 2.59. The van der Waals surface area contributed by atoms with E-state index in [-0.39, 0.29) is 4.90 Å². The summed E-state index contributed by atoms with van der Waals surface area (Å²) in [6, 6.07) is 15.9. The van der Waals surface area contributed by atoms with Crippen molar-refractivity contribution >= 4 is 10.0 Å². The van der Waals surface area contributed by atoms with Crippen molar-refractivity contribution in [3.63, 3.8) is 0 Å².